The molecular weight excluding hydrogens is 411 g/mol. The number of aromatic nitrogens is 1. The summed E-state index contributed by atoms with van der Waals surface area (Å²) in [6.07, 6.45) is 2.77. The molecule has 1 amide bonds. The van der Waals surface area contributed by atoms with Crippen molar-refractivity contribution in [2.75, 3.05) is 6.26 Å². The van der Waals surface area contributed by atoms with Gasteiger partial charge in [-0.15, -0.1) is 11.8 Å². The first-order valence-electron chi connectivity index (χ1n) is 8.72. The van der Waals surface area contributed by atoms with Crippen molar-refractivity contribution in [1.82, 2.24) is 10.3 Å². The maximum Gasteiger partial charge on any atom is 0.254 e. The maximum absolute atomic E-state index is 13.0. The van der Waals surface area contributed by atoms with Gasteiger partial charge in [0.25, 0.3) is 5.91 Å². The number of sulfone groups is 1. The molecule has 0 aliphatic heterocycles. The van der Waals surface area contributed by atoms with Crippen LogP contribution >= 0.6 is 11.8 Å². The zero-order valence-corrected chi connectivity index (χ0v) is 17.3. The SMILES string of the molecule is CS(=O)(=O)c1ccc(CNC(=O)c2cccnc2SCc2ccc(F)cc2)cc1. The molecule has 0 aliphatic rings. The van der Waals surface area contributed by atoms with Gasteiger partial charge in [0, 0.05) is 24.8 Å². The van der Waals surface area contributed by atoms with E-state index in [1.165, 1.54) is 36.0 Å². The van der Waals surface area contributed by atoms with Gasteiger partial charge in [0.1, 0.15) is 10.8 Å². The first kappa shape index (κ1) is 21.0. The largest absolute Gasteiger partial charge is 0.348 e. The van der Waals surface area contributed by atoms with Gasteiger partial charge in [-0.1, -0.05) is 24.3 Å². The average molecular weight is 431 g/mol. The molecule has 150 valence electrons. The Labute approximate surface area is 173 Å². The monoisotopic (exact) mass is 430 g/mol. The number of pyridine rings is 1. The first-order valence-corrected chi connectivity index (χ1v) is 11.6. The molecule has 0 unspecified atom stereocenters. The number of hydrogen-bond acceptors (Lipinski definition) is 5. The number of nitrogens with one attached hydrogen (secondary N) is 1. The fraction of sp³-hybridized carbons (Fsp3) is 0.143. The third kappa shape index (κ3) is 5.88. The summed E-state index contributed by atoms with van der Waals surface area (Å²) in [5, 5.41) is 3.41. The molecule has 0 saturated heterocycles. The molecule has 0 bridgehead atoms. The number of benzene rings is 2. The van der Waals surface area contributed by atoms with Crippen molar-refractivity contribution in [2.45, 2.75) is 22.2 Å². The second-order valence-electron chi connectivity index (χ2n) is 6.37. The first-order chi connectivity index (χ1) is 13.8. The Morgan fingerprint density at radius 1 is 1.03 bits per heavy atom. The van der Waals surface area contributed by atoms with Gasteiger partial charge >= 0.3 is 0 Å². The molecule has 0 spiro atoms. The van der Waals surface area contributed by atoms with Crippen molar-refractivity contribution < 1.29 is 17.6 Å². The Bertz CT molecular complexity index is 1100. The molecule has 2 aromatic carbocycles. The van der Waals surface area contributed by atoms with Crippen LogP contribution in [0.15, 0.2) is 76.8 Å². The maximum atomic E-state index is 13.0. The lowest BCUT2D eigenvalue weighted by atomic mass is 10.2. The van der Waals surface area contributed by atoms with Crippen molar-refractivity contribution in [1.29, 1.82) is 0 Å². The summed E-state index contributed by atoms with van der Waals surface area (Å²) in [4.78, 5) is 17.1. The fourth-order valence-corrected chi connectivity index (χ4v) is 4.12. The summed E-state index contributed by atoms with van der Waals surface area (Å²) in [5.41, 5.74) is 2.17. The van der Waals surface area contributed by atoms with Gasteiger partial charge in [0.2, 0.25) is 0 Å². The Kier molecular flexibility index (Phi) is 6.66. The Morgan fingerprint density at radius 3 is 2.34 bits per heavy atom. The molecule has 29 heavy (non-hydrogen) atoms. The number of nitrogens with zero attached hydrogens (tertiary/aromatic N) is 1. The van der Waals surface area contributed by atoms with Crippen molar-refractivity contribution >= 4 is 27.5 Å². The molecule has 0 saturated carbocycles. The van der Waals surface area contributed by atoms with Gasteiger partial charge in [0.15, 0.2) is 9.84 Å². The van der Waals surface area contributed by atoms with Crippen LogP contribution < -0.4 is 5.32 Å². The van der Waals surface area contributed by atoms with Crippen LogP contribution in [0.5, 0.6) is 0 Å². The van der Waals surface area contributed by atoms with Gasteiger partial charge in [-0.3, -0.25) is 4.79 Å². The van der Waals surface area contributed by atoms with E-state index in [9.17, 15) is 17.6 Å². The molecule has 3 rings (SSSR count). The minimum atomic E-state index is -3.25. The smallest absolute Gasteiger partial charge is 0.254 e. The van der Waals surface area contributed by atoms with Crippen LogP contribution in [0.3, 0.4) is 0 Å². The predicted octanol–water partition coefficient (Wildman–Crippen LogP) is 3.85. The number of amides is 1. The van der Waals surface area contributed by atoms with E-state index in [1.54, 1.807) is 42.6 Å². The molecule has 0 fully saturated rings. The van der Waals surface area contributed by atoms with E-state index in [0.29, 0.717) is 16.3 Å². The molecule has 3 aromatic rings. The second kappa shape index (κ2) is 9.19. The second-order valence-corrected chi connectivity index (χ2v) is 9.35. The van der Waals surface area contributed by atoms with Crippen LogP contribution in [0.1, 0.15) is 21.5 Å². The summed E-state index contributed by atoms with van der Waals surface area (Å²) in [7, 11) is -3.25. The molecule has 1 aromatic heterocycles. The molecule has 1 N–H and O–H groups in total. The summed E-state index contributed by atoms with van der Waals surface area (Å²) in [6.45, 7) is 0.264. The summed E-state index contributed by atoms with van der Waals surface area (Å²) >= 11 is 1.40. The molecule has 1 heterocycles. The van der Waals surface area contributed by atoms with Gasteiger partial charge in [-0.25, -0.2) is 17.8 Å². The van der Waals surface area contributed by atoms with E-state index < -0.39 is 9.84 Å². The van der Waals surface area contributed by atoms with Crippen LogP contribution in [0.2, 0.25) is 0 Å². The highest BCUT2D eigenvalue weighted by molar-refractivity contribution is 7.98. The van der Waals surface area contributed by atoms with E-state index in [0.717, 1.165) is 17.4 Å². The van der Waals surface area contributed by atoms with E-state index in [2.05, 4.69) is 10.3 Å². The zero-order chi connectivity index (χ0) is 20.9. The average Bonchev–Trinajstić information content (AvgIpc) is 2.71. The number of thioether (sulfide) groups is 1. The number of rotatable bonds is 7. The molecule has 0 aliphatic carbocycles. The quantitative estimate of drug-likeness (QED) is 0.576. The molecule has 0 radical (unpaired) electrons. The van der Waals surface area contributed by atoms with Crippen molar-refractivity contribution in [3.05, 3.63) is 89.4 Å². The minimum Gasteiger partial charge on any atom is -0.348 e. The fourth-order valence-electron chi connectivity index (χ4n) is 2.54. The van der Waals surface area contributed by atoms with E-state index in [-0.39, 0.29) is 23.2 Å². The normalized spacial score (nSPS) is 11.2. The Balaban J connectivity index is 1.64. The van der Waals surface area contributed by atoms with Crippen LogP contribution in [0.25, 0.3) is 0 Å². The van der Waals surface area contributed by atoms with Crippen LogP contribution in [0, 0.1) is 5.82 Å². The topological polar surface area (TPSA) is 76.1 Å². The highest BCUT2D eigenvalue weighted by atomic mass is 32.2. The Hall–Kier alpha value is -2.71. The number of carbonyl (C=O) groups excluding carboxylic acids is 1. The van der Waals surface area contributed by atoms with E-state index >= 15 is 0 Å². The van der Waals surface area contributed by atoms with Gasteiger partial charge in [-0.2, -0.15) is 0 Å². The third-order valence-corrected chi connectivity index (χ3v) is 6.31. The van der Waals surface area contributed by atoms with Gasteiger partial charge in [0.05, 0.1) is 10.5 Å². The zero-order valence-electron chi connectivity index (χ0n) is 15.6. The molecule has 5 nitrogen and oxygen atoms in total. The number of carbonyl (C=O) groups is 1. The summed E-state index contributed by atoms with van der Waals surface area (Å²) in [5.74, 6) is -0.00188. The Morgan fingerprint density at radius 2 is 1.69 bits per heavy atom. The van der Waals surface area contributed by atoms with Crippen LogP contribution in [0.4, 0.5) is 4.39 Å². The van der Waals surface area contributed by atoms with Crippen molar-refractivity contribution in [3.63, 3.8) is 0 Å². The van der Waals surface area contributed by atoms with E-state index in [4.69, 9.17) is 0 Å². The lowest BCUT2D eigenvalue weighted by Crippen LogP contribution is -2.23. The standard InChI is InChI=1S/C21H19FN2O3S2/c1-29(26,27)18-10-6-15(7-11-18)13-24-20(25)19-3-2-12-23-21(19)28-14-16-4-8-17(22)9-5-16/h2-12H,13-14H2,1H3,(H,24,25). The lowest BCUT2D eigenvalue weighted by molar-refractivity contribution is 0.0947. The van der Waals surface area contributed by atoms with Crippen molar-refractivity contribution in [3.8, 4) is 0 Å². The molecule has 8 heteroatoms. The van der Waals surface area contributed by atoms with Gasteiger partial charge < -0.3 is 5.32 Å². The number of halogens is 1. The van der Waals surface area contributed by atoms with E-state index in [1.807, 2.05) is 0 Å². The number of hydrogen-bond donors (Lipinski definition) is 1. The molecular formula is C21H19FN2O3S2. The highest BCUT2D eigenvalue weighted by Gasteiger charge is 2.13. The summed E-state index contributed by atoms with van der Waals surface area (Å²) in [6, 6.07) is 16.0. The predicted molar refractivity (Wildman–Crippen MR) is 111 cm³/mol. The highest BCUT2D eigenvalue weighted by Crippen LogP contribution is 2.24. The van der Waals surface area contributed by atoms with Gasteiger partial charge in [-0.05, 0) is 47.5 Å². The lowest BCUT2D eigenvalue weighted by Gasteiger charge is -2.10. The minimum absolute atomic E-state index is 0.235. The summed E-state index contributed by atoms with van der Waals surface area (Å²) < 4.78 is 36.1. The van der Waals surface area contributed by atoms with Crippen LogP contribution in [-0.4, -0.2) is 25.6 Å². The van der Waals surface area contributed by atoms with Crippen molar-refractivity contribution in [2.24, 2.45) is 0 Å². The third-order valence-electron chi connectivity index (χ3n) is 4.11. The van der Waals surface area contributed by atoms with Crippen LogP contribution in [-0.2, 0) is 22.1 Å². The molecule has 0 atom stereocenters.